The van der Waals surface area contributed by atoms with Crippen molar-refractivity contribution in [2.75, 3.05) is 25.7 Å². The molecule has 2 aromatic rings. The van der Waals surface area contributed by atoms with Crippen LogP contribution >= 0.6 is 0 Å². The molecule has 25 heavy (non-hydrogen) atoms. The zero-order chi connectivity index (χ0) is 18.2. The summed E-state index contributed by atoms with van der Waals surface area (Å²) in [6, 6.07) is 8.70. The summed E-state index contributed by atoms with van der Waals surface area (Å²) in [6.45, 7) is 1.66. The number of anilines is 1. The van der Waals surface area contributed by atoms with Gasteiger partial charge in [-0.1, -0.05) is 0 Å². The first-order valence-electron chi connectivity index (χ1n) is 7.71. The smallest absolute Gasteiger partial charge is 0.240 e. The van der Waals surface area contributed by atoms with Gasteiger partial charge in [-0.25, -0.2) is 0 Å². The van der Waals surface area contributed by atoms with Crippen LogP contribution < -0.4 is 19.7 Å². The Morgan fingerprint density at radius 1 is 1.12 bits per heavy atom. The fourth-order valence-electron chi connectivity index (χ4n) is 2.27. The largest absolute Gasteiger partial charge is 0.497 e. The van der Waals surface area contributed by atoms with Crippen LogP contribution in [0.4, 0.5) is 5.69 Å². The van der Waals surface area contributed by atoms with Crippen molar-refractivity contribution in [2.45, 2.75) is 13.5 Å². The van der Waals surface area contributed by atoms with Crippen molar-refractivity contribution in [1.82, 2.24) is 10.3 Å². The van der Waals surface area contributed by atoms with Crippen molar-refractivity contribution in [1.29, 1.82) is 0 Å². The predicted octanol–water partition coefficient (Wildman–Crippen LogP) is 1.77. The molecule has 0 aliphatic carbocycles. The maximum absolute atomic E-state index is 12.2. The number of hydrogen-bond donors (Lipinski definition) is 1. The average Bonchev–Trinajstić information content (AvgIpc) is 2.64. The second-order valence-corrected chi connectivity index (χ2v) is 5.28. The van der Waals surface area contributed by atoms with Crippen molar-refractivity contribution in [3.8, 4) is 11.5 Å². The van der Waals surface area contributed by atoms with Gasteiger partial charge in [0.15, 0.2) is 0 Å². The topological polar surface area (TPSA) is 80.8 Å². The quantitative estimate of drug-likeness (QED) is 0.829. The molecule has 2 amide bonds. The third-order valence-electron chi connectivity index (χ3n) is 3.60. The Hall–Kier alpha value is -3.09. The zero-order valence-electron chi connectivity index (χ0n) is 14.5. The highest BCUT2D eigenvalue weighted by Gasteiger charge is 2.20. The highest BCUT2D eigenvalue weighted by molar-refractivity contribution is 5.98. The molecule has 0 spiro atoms. The molecule has 1 N–H and O–H groups in total. The molecular weight excluding hydrogens is 322 g/mol. The lowest BCUT2D eigenvalue weighted by atomic mass is 10.2. The number of amides is 2. The second-order valence-electron chi connectivity index (χ2n) is 5.28. The van der Waals surface area contributed by atoms with E-state index in [4.69, 9.17) is 9.47 Å². The van der Waals surface area contributed by atoms with Crippen LogP contribution in [-0.4, -0.2) is 37.6 Å². The van der Waals surface area contributed by atoms with Gasteiger partial charge in [-0.05, 0) is 29.8 Å². The van der Waals surface area contributed by atoms with E-state index in [9.17, 15) is 9.59 Å². The van der Waals surface area contributed by atoms with Crippen molar-refractivity contribution in [3.05, 3.63) is 48.3 Å². The number of methoxy groups -OCH3 is 2. The summed E-state index contributed by atoms with van der Waals surface area (Å²) in [7, 11) is 3.05. The van der Waals surface area contributed by atoms with Crippen LogP contribution in [0.25, 0.3) is 0 Å². The molecule has 2 rings (SSSR count). The number of benzene rings is 1. The Labute approximate surface area is 146 Å². The van der Waals surface area contributed by atoms with E-state index in [0.29, 0.717) is 23.7 Å². The zero-order valence-corrected chi connectivity index (χ0v) is 14.5. The lowest BCUT2D eigenvalue weighted by Gasteiger charge is -2.23. The number of carbonyl (C=O) groups is 2. The SMILES string of the molecule is COc1ccc(N(CC(=O)NCc2ccncc2)C(C)=O)c(OC)c1. The molecule has 1 heterocycles. The summed E-state index contributed by atoms with van der Waals surface area (Å²) in [6.07, 6.45) is 3.32. The summed E-state index contributed by atoms with van der Waals surface area (Å²) >= 11 is 0. The number of ether oxygens (including phenoxy) is 2. The number of carbonyl (C=O) groups excluding carboxylic acids is 2. The number of nitrogens with one attached hydrogen (secondary N) is 1. The first kappa shape index (κ1) is 18.3. The third-order valence-corrected chi connectivity index (χ3v) is 3.60. The van der Waals surface area contributed by atoms with E-state index in [1.165, 1.54) is 18.9 Å². The number of nitrogens with zero attached hydrogens (tertiary/aromatic N) is 2. The monoisotopic (exact) mass is 343 g/mol. The van der Waals surface area contributed by atoms with Gasteiger partial charge in [0.2, 0.25) is 11.8 Å². The van der Waals surface area contributed by atoms with Gasteiger partial charge >= 0.3 is 0 Å². The molecule has 0 unspecified atom stereocenters. The highest BCUT2D eigenvalue weighted by atomic mass is 16.5. The van der Waals surface area contributed by atoms with Crippen molar-refractivity contribution in [2.24, 2.45) is 0 Å². The Morgan fingerprint density at radius 2 is 1.84 bits per heavy atom. The Morgan fingerprint density at radius 3 is 2.44 bits per heavy atom. The number of pyridine rings is 1. The van der Waals surface area contributed by atoms with Crippen LogP contribution in [0.5, 0.6) is 11.5 Å². The molecule has 1 aromatic carbocycles. The summed E-state index contributed by atoms with van der Waals surface area (Å²) in [4.78, 5) is 29.6. The summed E-state index contributed by atoms with van der Waals surface area (Å²) in [5.41, 5.74) is 1.44. The molecule has 0 radical (unpaired) electrons. The maximum atomic E-state index is 12.2. The minimum atomic E-state index is -0.273. The van der Waals surface area contributed by atoms with Crippen LogP contribution in [-0.2, 0) is 16.1 Å². The second kappa shape index (κ2) is 8.68. The molecule has 0 saturated carbocycles. The van der Waals surface area contributed by atoms with E-state index < -0.39 is 0 Å². The van der Waals surface area contributed by atoms with Gasteiger partial charge in [0.05, 0.1) is 19.9 Å². The van der Waals surface area contributed by atoms with Gasteiger partial charge in [-0.3, -0.25) is 19.5 Å². The van der Waals surface area contributed by atoms with Crippen molar-refractivity contribution in [3.63, 3.8) is 0 Å². The van der Waals surface area contributed by atoms with Gasteiger partial charge in [-0.15, -0.1) is 0 Å². The molecule has 1 aromatic heterocycles. The molecule has 0 aliphatic heterocycles. The van der Waals surface area contributed by atoms with Gasteiger partial charge in [0.1, 0.15) is 18.0 Å². The summed E-state index contributed by atoms with van der Waals surface area (Å²) < 4.78 is 10.5. The van der Waals surface area contributed by atoms with E-state index in [1.54, 1.807) is 37.7 Å². The third kappa shape index (κ3) is 4.94. The molecule has 0 fully saturated rings. The van der Waals surface area contributed by atoms with Crippen LogP contribution in [0.3, 0.4) is 0 Å². The standard InChI is InChI=1S/C18H21N3O4/c1-13(22)21(16-5-4-15(24-2)10-17(16)25-3)12-18(23)20-11-14-6-8-19-9-7-14/h4-10H,11-12H2,1-3H3,(H,20,23). The summed E-state index contributed by atoms with van der Waals surface area (Å²) in [5.74, 6) is 0.523. The van der Waals surface area contributed by atoms with Crippen LogP contribution in [0.15, 0.2) is 42.7 Å². The lowest BCUT2D eigenvalue weighted by Crippen LogP contribution is -2.39. The Balaban J connectivity index is 2.10. The van der Waals surface area contributed by atoms with Gasteiger partial charge in [0.25, 0.3) is 0 Å². The average molecular weight is 343 g/mol. The molecule has 0 bridgehead atoms. The molecule has 0 saturated heterocycles. The number of aromatic nitrogens is 1. The van der Waals surface area contributed by atoms with Gasteiger partial charge in [-0.2, -0.15) is 0 Å². The van der Waals surface area contributed by atoms with E-state index in [0.717, 1.165) is 5.56 Å². The first-order valence-corrected chi connectivity index (χ1v) is 7.71. The van der Waals surface area contributed by atoms with Gasteiger partial charge in [0, 0.05) is 31.9 Å². The van der Waals surface area contributed by atoms with Crippen LogP contribution in [0, 0.1) is 0 Å². The molecule has 7 nitrogen and oxygen atoms in total. The Bertz CT molecular complexity index is 734. The first-order chi connectivity index (χ1) is 12.0. The fourth-order valence-corrected chi connectivity index (χ4v) is 2.27. The number of hydrogen-bond acceptors (Lipinski definition) is 5. The lowest BCUT2D eigenvalue weighted by molar-refractivity contribution is -0.123. The van der Waals surface area contributed by atoms with Crippen LogP contribution in [0.1, 0.15) is 12.5 Å². The van der Waals surface area contributed by atoms with Crippen LogP contribution in [0.2, 0.25) is 0 Å². The maximum Gasteiger partial charge on any atom is 0.240 e. The molecule has 132 valence electrons. The van der Waals surface area contributed by atoms with E-state index in [-0.39, 0.29) is 18.4 Å². The highest BCUT2D eigenvalue weighted by Crippen LogP contribution is 2.32. The van der Waals surface area contributed by atoms with Gasteiger partial charge < -0.3 is 14.8 Å². The molecule has 7 heteroatoms. The van der Waals surface area contributed by atoms with E-state index in [2.05, 4.69) is 10.3 Å². The number of rotatable bonds is 7. The molecular formula is C18H21N3O4. The van der Waals surface area contributed by atoms with E-state index in [1.807, 2.05) is 12.1 Å². The molecule has 0 aliphatic rings. The fraction of sp³-hybridized carbons (Fsp3) is 0.278. The minimum Gasteiger partial charge on any atom is -0.497 e. The minimum absolute atomic E-state index is 0.108. The normalized spacial score (nSPS) is 10.0. The molecule has 0 atom stereocenters. The van der Waals surface area contributed by atoms with E-state index >= 15 is 0 Å². The predicted molar refractivity (Wildman–Crippen MR) is 93.7 cm³/mol. The summed E-state index contributed by atoms with van der Waals surface area (Å²) in [5, 5.41) is 2.79. The van der Waals surface area contributed by atoms with Crippen molar-refractivity contribution >= 4 is 17.5 Å². The van der Waals surface area contributed by atoms with Crippen molar-refractivity contribution < 1.29 is 19.1 Å². The Kier molecular flexibility index (Phi) is 6.33.